The van der Waals surface area contributed by atoms with Gasteiger partial charge in [0.15, 0.2) is 0 Å². The summed E-state index contributed by atoms with van der Waals surface area (Å²) in [5.74, 6) is -0.395. The van der Waals surface area contributed by atoms with E-state index < -0.39 is 30.1 Å². The van der Waals surface area contributed by atoms with Crippen LogP contribution < -0.4 is 5.32 Å². The topological polar surface area (TPSA) is 95.9 Å². The Morgan fingerprint density at radius 3 is 2.67 bits per heavy atom. The van der Waals surface area contributed by atoms with Crippen molar-refractivity contribution < 1.29 is 24.2 Å². The Labute approximate surface area is 182 Å². The van der Waals surface area contributed by atoms with E-state index in [-0.39, 0.29) is 12.5 Å². The SMILES string of the molecule is CCOC(=O)C(CCc1ccccc1)N[C@@H](C)C(=O)N1CCCCSCC1C(=O)O. The van der Waals surface area contributed by atoms with E-state index in [1.165, 1.54) is 4.90 Å². The summed E-state index contributed by atoms with van der Waals surface area (Å²) in [4.78, 5) is 38.8. The van der Waals surface area contributed by atoms with E-state index in [2.05, 4.69) is 5.32 Å². The molecule has 0 radical (unpaired) electrons. The Hall–Kier alpha value is -2.06. The number of thioether (sulfide) groups is 1. The fourth-order valence-electron chi connectivity index (χ4n) is 3.48. The number of aliphatic carboxylic acids is 1. The molecule has 7 nitrogen and oxygen atoms in total. The fraction of sp³-hybridized carbons (Fsp3) is 0.591. The standard InChI is InChI=1S/C22H32N2O5S/c1-3-29-22(28)18(12-11-17-9-5-4-6-10-17)23-16(2)20(25)24-13-7-8-14-30-15-19(24)21(26)27/h4-6,9-10,16,18-19,23H,3,7-8,11-15H2,1-2H3,(H,26,27)/t16-,18?,19?/m0/s1. The van der Waals surface area contributed by atoms with Crippen molar-refractivity contribution in [3.05, 3.63) is 35.9 Å². The fourth-order valence-corrected chi connectivity index (χ4v) is 4.61. The van der Waals surface area contributed by atoms with Crippen molar-refractivity contribution in [3.8, 4) is 0 Å². The summed E-state index contributed by atoms with van der Waals surface area (Å²) >= 11 is 1.56. The molecule has 0 bridgehead atoms. The lowest BCUT2D eigenvalue weighted by Crippen LogP contribution is -2.56. The molecule has 0 saturated carbocycles. The van der Waals surface area contributed by atoms with Gasteiger partial charge in [0.2, 0.25) is 5.91 Å². The summed E-state index contributed by atoms with van der Waals surface area (Å²) in [5.41, 5.74) is 1.10. The van der Waals surface area contributed by atoms with Crippen LogP contribution in [0.2, 0.25) is 0 Å². The van der Waals surface area contributed by atoms with Crippen LogP contribution in [0.4, 0.5) is 0 Å². The van der Waals surface area contributed by atoms with Crippen LogP contribution in [-0.4, -0.2) is 70.6 Å². The first kappa shape index (κ1) is 24.2. The molecule has 0 aliphatic carbocycles. The molecular weight excluding hydrogens is 404 g/mol. The van der Waals surface area contributed by atoms with Crippen molar-refractivity contribution in [1.82, 2.24) is 10.2 Å². The Bertz CT molecular complexity index is 700. The van der Waals surface area contributed by atoms with Crippen molar-refractivity contribution in [2.75, 3.05) is 24.7 Å². The van der Waals surface area contributed by atoms with E-state index in [0.29, 0.717) is 25.1 Å². The summed E-state index contributed by atoms with van der Waals surface area (Å²) in [6.45, 7) is 4.10. The molecule has 8 heteroatoms. The van der Waals surface area contributed by atoms with Gasteiger partial charge in [-0.25, -0.2) is 4.79 Å². The highest BCUT2D eigenvalue weighted by atomic mass is 32.2. The van der Waals surface area contributed by atoms with Crippen LogP contribution in [0.15, 0.2) is 30.3 Å². The number of amides is 1. The third kappa shape index (κ3) is 7.32. The smallest absolute Gasteiger partial charge is 0.327 e. The number of carbonyl (C=O) groups is 3. The molecular formula is C22H32N2O5S. The van der Waals surface area contributed by atoms with E-state index in [9.17, 15) is 19.5 Å². The van der Waals surface area contributed by atoms with Crippen LogP contribution in [-0.2, 0) is 25.5 Å². The van der Waals surface area contributed by atoms with Gasteiger partial charge in [-0.2, -0.15) is 11.8 Å². The van der Waals surface area contributed by atoms with Gasteiger partial charge in [0.1, 0.15) is 12.1 Å². The number of esters is 1. The Kier molecular flexibility index (Phi) is 10.2. The number of carbonyl (C=O) groups excluding carboxylic acids is 2. The number of ether oxygens (including phenoxy) is 1. The van der Waals surface area contributed by atoms with Gasteiger partial charge in [-0.3, -0.25) is 14.9 Å². The molecule has 1 saturated heterocycles. The van der Waals surface area contributed by atoms with E-state index in [0.717, 1.165) is 24.2 Å². The number of aryl methyl sites for hydroxylation is 1. The van der Waals surface area contributed by atoms with Crippen LogP contribution >= 0.6 is 11.8 Å². The third-order valence-corrected chi connectivity index (χ3v) is 6.24. The summed E-state index contributed by atoms with van der Waals surface area (Å²) in [7, 11) is 0. The molecule has 2 unspecified atom stereocenters. The van der Waals surface area contributed by atoms with Crippen molar-refractivity contribution in [3.63, 3.8) is 0 Å². The van der Waals surface area contributed by atoms with Gasteiger partial charge in [0, 0.05) is 12.3 Å². The summed E-state index contributed by atoms with van der Waals surface area (Å²) in [6.07, 6.45) is 2.87. The molecule has 1 heterocycles. The highest BCUT2D eigenvalue weighted by molar-refractivity contribution is 7.99. The number of hydrogen-bond acceptors (Lipinski definition) is 6. The molecule has 1 aromatic carbocycles. The van der Waals surface area contributed by atoms with Crippen LogP contribution in [0, 0.1) is 0 Å². The van der Waals surface area contributed by atoms with Gasteiger partial charge in [-0.1, -0.05) is 30.3 Å². The maximum atomic E-state index is 13.1. The molecule has 1 fully saturated rings. The summed E-state index contributed by atoms with van der Waals surface area (Å²) in [6, 6.07) is 7.63. The quantitative estimate of drug-likeness (QED) is 0.574. The molecule has 2 rings (SSSR count). The van der Waals surface area contributed by atoms with Gasteiger partial charge in [0.05, 0.1) is 12.6 Å². The zero-order valence-electron chi connectivity index (χ0n) is 17.7. The first-order valence-corrected chi connectivity index (χ1v) is 11.7. The van der Waals surface area contributed by atoms with Gasteiger partial charge in [0.25, 0.3) is 0 Å². The molecule has 0 aromatic heterocycles. The van der Waals surface area contributed by atoms with Crippen LogP contribution in [0.25, 0.3) is 0 Å². The van der Waals surface area contributed by atoms with Gasteiger partial charge < -0.3 is 14.7 Å². The zero-order valence-corrected chi connectivity index (χ0v) is 18.5. The second-order valence-electron chi connectivity index (χ2n) is 7.38. The average molecular weight is 437 g/mol. The van der Waals surface area contributed by atoms with Crippen LogP contribution in [0.1, 0.15) is 38.7 Å². The molecule has 0 spiro atoms. The highest BCUT2D eigenvalue weighted by Crippen LogP contribution is 2.18. The second kappa shape index (κ2) is 12.6. The predicted molar refractivity (Wildman–Crippen MR) is 117 cm³/mol. The third-order valence-electron chi connectivity index (χ3n) is 5.12. The minimum absolute atomic E-state index is 0.259. The molecule has 1 aromatic rings. The first-order valence-electron chi connectivity index (χ1n) is 10.5. The summed E-state index contributed by atoms with van der Waals surface area (Å²) in [5, 5.41) is 12.7. The van der Waals surface area contributed by atoms with Gasteiger partial charge in [-0.05, 0) is 50.8 Å². The lowest BCUT2D eigenvalue weighted by Gasteiger charge is -2.33. The molecule has 3 atom stereocenters. The molecule has 1 amide bonds. The number of rotatable bonds is 9. The molecule has 2 N–H and O–H groups in total. The van der Waals surface area contributed by atoms with Gasteiger partial charge >= 0.3 is 11.9 Å². The maximum absolute atomic E-state index is 13.1. The predicted octanol–water partition coefficient (Wildman–Crippen LogP) is 2.34. The maximum Gasteiger partial charge on any atom is 0.327 e. The number of carboxylic acid groups (broad SMARTS) is 1. The van der Waals surface area contributed by atoms with Crippen molar-refractivity contribution in [2.24, 2.45) is 0 Å². The van der Waals surface area contributed by atoms with Crippen molar-refractivity contribution in [2.45, 2.75) is 57.7 Å². The average Bonchev–Trinajstić information content (AvgIpc) is 2.71. The van der Waals surface area contributed by atoms with Crippen LogP contribution in [0.3, 0.4) is 0 Å². The number of benzene rings is 1. The van der Waals surface area contributed by atoms with E-state index in [4.69, 9.17) is 4.74 Å². The Balaban J connectivity index is 2.07. The molecule has 30 heavy (non-hydrogen) atoms. The highest BCUT2D eigenvalue weighted by Gasteiger charge is 2.34. The van der Waals surface area contributed by atoms with E-state index >= 15 is 0 Å². The van der Waals surface area contributed by atoms with Crippen LogP contribution in [0.5, 0.6) is 0 Å². The zero-order chi connectivity index (χ0) is 21.9. The molecule has 166 valence electrons. The monoisotopic (exact) mass is 436 g/mol. The van der Waals surface area contributed by atoms with Crippen molar-refractivity contribution in [1.29, 1.82) is 0 Å². The van der Waals surface area contributed by atoms with Gasteiger partial charge in [-0.15, -0.1) is 0 Å². The Morgan fingerprint density at radius 1 is 1.27 bits per heavy atom. The first-order chi connectivity index (χ1) is 14.4. The normalized spacial score (nSPS) is 19.3. The second-order valence-corrected chi connectivity index (χ2v) is 8.53. The minimum Gasteiger partial charge on any atom is -0.480 e. The lowest BCUT2D eigenvalue weighted by molar-refractivity contribution is -0.151. The van der Waals surface area contributed by atoms with Crippen molar-refractivity contribution >= 4 is 29.6 Å². The Morgan fingerprint density at radius 2 is 2.00 bits per heavy atom. The van der Waals surface area contributed by atoms with E-state index in [1.807, 2.05) is 30.3 Å². The number of hydrogen-bond donors (Lipinski definition) is 2. The largest absolute Gasteiger partial charge is 0.480 e. The van der Waals surface area contributed by atoms with E-state index in [1.54, 1.807) is 25.6 Å². The minimum atomic E-state index is -0.990. The summed E-state index contributed by atoms with van der Waals surface area (Å²) < 4.78 is 5.19. The number of carboxylic acids is 1. The molecule has 1 aliphatic heterocycles. The molecule has 1 aliphatic rings. The number of nitrogens with one attached hydrogen (secondary N) is 1. The number of nitrogens with zero attached hydrogens (tertiary/aromatic N) is 1. The lowest BCUT2D eigenvalue weighted by atomic mass is 10.0.